The Kier molecular flexibility index (Phi) is 3.73. The van der Waals surface area contributed by atoms with E-state index in [2.05, 4.69) is 0 Å². The smallest absolute Gasteiger partial charge is 0.255 e. The van der Waals surface area contributed by atoms with Gasteiger partial charge in [0.2, 0.25) is 0 Å². The molecule has 3 rings (SSSR count). The number of aromatic nitrogens is 1. The van der Waals surface area contributed by atoms with Crippen LogP contribution in [-0.4, -0.2) is 4.57 Å². The Hall–Kier alpha value is -2.17. The van der Waals surface area contributed by atoms with Crippen LogP contribution in [0.25, 0.3) is 10.6 Å². The molecule has 0 saturated heterocycles. The van der Waals surface area contributed by atoms with Crippen LogP contribution >= 0.6 is 11.3 Å². The van der Waals surface area contributed by atoms with E-state index < -0.39 is 6.04 Å². The number of hydrogen-bond donors (Lipinski definition) is 1. The molecular weight excluding hydrogens is 280 g/mol. The maximum absolute atomic E-state index is 12.6. The van der Waals surface area contributed by atoms with Gasteiger partial charge in [0.1, 0.15) is 0 Å². The summed E-state index contributed by atoms with van der Waals surface area (Å²) in [4.78, 5) is 13.7. The number of thiophene rings is 1. The summed E-state index contributed by atoms with van der Waals surface area (Å²) in [6.07, 6.45) is 0. The Morgan fingerprint density at radius 1 is 1.05 bits per heavy atom. The Bertz CT molecular complexity index is 791. The SMILES string of the molecule is Cn1c(-c2cccs2)ccc(C(N)c2ccccc2)c1=O. The molecule has 0 aliphatic rings. The van der Waals surface area contributed by atoms with Gasteiger partial charge in [0.15, 0.2) is 0 Å². The van der Waals surface area contributed by atoms with Crippen molar-refractivity contribution in [1.82, 2.24) is 4.57 Å². The molecule has 0 aliphatic heterocycles. The monoisotopic (exact) mass is 296 g/mol. The number of nitrogens with two attached hydrogens (primary N) is 1. The Labute approximate surface area is 127 Å². The molecule has 0 amide bonds. The highest BCUT2D eigenvalue weighted by atomic mass is 32.1. The lowest BCUT2D eigenvalue weighted by Crippen LogP contribution is -2.27. The van der Waals surface area contributed by atoms with Gasteiger partial charge in [0, 0.05) is 12.6 Å². The first-order chi connectivity index (χ1) is 10.2. The van der Waals surface area contributed by atoms with Crippen molar-refractivity contribution in [3.63, 3.8) is 0 Å². The summed E-state index contributed by atoms with van der Waals surface area (Å²) < 4.78 is 1.67. The zero-order valence-corrected chi connectivity index (χ0v) is 12.5. The van der Waals surface area contributed by atoms with Gasteiger partial charge in [-0.25, -0.2) is 0 Å². The van der Waals surface area contributed by atoms with E-state index in [0.29, 0.717) is 5.56 Å². The first-order valence-corrected chi connectivity index (χ1v) is 7.61. The number of pyridine rings is 1. The van der Waals surface area contributed by atoms with Crippen LogP contribution in [0, 0.1) is 0 Å². The molecule has 21 heavy (non-hydrogen) atoms. The zero-order valence-electron chi connectivity index (χ0n) is 11.7. The van der Waals surface area contributed by atoms with E-state index >= 15 is 0 Å². The minimum Gasteiger partial charge on any atom is -0.320 e. The van der Waals surface area contributed by atoms with Crippen LogP contribution in [0.3, 0.4) is 0 Å². The molecular formula is C17H16N2OS. The molecule has 4 heteroatoms. The molecule has 0 spiro atoms. The quantitative estimate of drug-likeness (QED) is 0.807. The van der Waals surface area contributed by atoms with Gasteiger partial charge in [-0.05, 0) is 29.1 Å². The first kappa shape index (κ1) is 13.8. The molecule has 0 radical (unpaired) electrons. The molecule has 3 nitrogen and oxygen atoms in total. The van der Waals surface area contributed by atoms with Crippen molar-refractivity contribution >= 4 is 11.3 Å². The van der Waals surface area contributed by atoms with E-state index in [-0.39, 0.29) is 5.56 Å². The summed E-state index contributed by atoms with van der Waals surface area (Å²) >= 11 is 1.62. The fourth-order valence-corrected chi connectivity index (χ4v) is 3.19. The lowest BCUT2D eigenvalue weighted by molar-refractivity contribution is 0.791. The molecule has 106 valence electrons. The second-order valence-corrected chi connectivity index (χ2v) is 5.85. The van der Waals surface area contributed by atoms with Gasteiger partial charge in [-0.3, -0.25) is 4.79 Å². The largest absolute Gasteiger partial charge is 0.320 e. The van der Waals surface area contributed by atoms with E-state index in [0.717, 1.165) is 16.1 Å². The minimum absolute atomic E-state index is 0.0442. The summed E-state index contributed by atoms with van der Waals surface area (Å²) in [6, 6.07) is 17.1. The van der Waals surface area contributed by atoms with Crippen molar-refractivity contribution in [3.8, 4) is 10.6 Å². The van der Waals surface area contributed by atoms with Crippen LogP contribution in [0.2, 0.25) is 0 Å². The van der Waals surface area contributed by atoms with Crippen LogP contribution in [0.15, 0.2) is 64.8 Å². The van der Waals surface area contributed by atoms with Crippen LogP contribution in [-0.2, 0) is 7.05 Å². The normalized spacial score (nSPS) is 12.3. The predicted molar refractivity (Wildman–Crippen MR) is 87.5 cm³/mol. The average Bonchev–Trinajstić information content (AvgIpc) is 3.04. The molecule has 1 atom stereocenters. The predicted octanol–water partition coefficient (Wildman–Crippen LogP) is 3.16. The standard InChI is InChI=1S/C17H16N2OS/c1-19-14(15-8-5-11-21-15)10-9-13(17(19)20)16(18)12-6-3-2-4-7-12/h2-11,16H,18H2,1H3. The highest BCUT2D eigenvalue weighted by Gasteiger charge is 2.15. The van der Waals surface area contributed by atoms with Gasteiger partial charge >= 0.3 is 0 Å². The molecule has 0 saturated carbocycles. The maximum Gasteiger partial charge on any atom is 0.255 e. The average molecular weight is 296 g/mol. The van der Waals surface area contributed by atoms with Crippen molar-refractivity contribution < 1.29 is 0 Å². The number of nitrogens with zero attached hydrogens (tertiary/aromatic N) is 1. The fraction of sp³-hybridized carbons (Fsp3) is 0.118. The second kappa shape index (κ2) is 5.68. The summed E-state index contributed by atoms with van der Waals surface area (Å²) in [7, 11) is 1.79. The van der Waals surface area contributed by atoms with Gasteiger partial charge in [0.25, 0.3) is 5.56 Å². The van der Waals surface area contributed by atoms with Gasteiger partial charge in [-0.15, -0.1) is 11.3 Å². The van der Waals surface area contributed by atoms with E-state index in [1.54, 1.807) is 23.0 Å². The third kappa shape index (κ3) is 2.55. The van der Waals surface area contributed by atoms with Gasteiger partial charge in [-0.1, -0.05) is 36.4 Å². The van der Waals surface area contributed by atoms with Crippen LogP contribution in [0.5, 0.6) is 0 Å². The molecule has 2 aromatic heterocycles. The minimum atomic E-state index is -0.401. The Balaban J connectivity index is 2.06. The maximum atomic E-state index is 12.6. The summed E-state index contributed by atoms with van der Waals surface area (Å²) in [6.45, 7) is 0. The van der Waals surface area contributed by atoms with E-state index in [1.165, 1.54) is 0 Å². The third-order valence-electron chi connectivity index (χ3n) is 3.60. The van der Waals surface area contributed by atoms with Crippen molar-refractivity contribution in [2.24, 2.45) is 12.8 Å². The summed E-state index contributed by atoms with van der Waals surface area (Å²) in [5.41, 5.74) is 8.67. The lowest BCUT2D eigenvalue weighted by Gasteiger charge is -2.14. The molecule has 0 aliphatic carbocycles. The van der Waals surface area contributed by atoms with Crippen LogP contribution in [0.4, 0.5) is 0 Å². The van der Waals surface area contributed by atoms with Gasteiger partial charge in [0.05, 0.1) is 16.6 Å². The highest BCUT2D eigenvalue weighted by Crippen LogP contribution is 2.24. The molecule has 0 fully saturated rings. The summed E-state index contributed by atoms with van der Waals surface area (Å²) in [5, 5.41) is 2.00. The number of hydrogen-bond acceptors (Lipinski definition) is 3. The Morgan fingerprint density at radius 2 is 1.81 bits per heavy atom. The van der Waals surface area contributed by atoms with Gasteiger partial charge in [-0.2, -0.15) is 0 Å². The van der Waals surface area contributed by atoms with E-state index in [1.807, 2.05) is 60.0 Å². The summed E-state index contributed by atoms with van der Waals surface area (Å²) in [5.74, 6) is 0. The fourth-order valence-electron chi connectivity index (χ4n) is 2.40. The molecule has 2 heterocycles. The third-order valence-corrected chi connectivity index (χ3v) is 4.49. The van der Waals surface area contributed by atoms with Crippen LogP contribution in [0.1, 0.15) is 17.2 Å². The van der Waals surface area contributed by atoms with Gasteiger partial charge < -0.3 is 10.3 Å². The number of rotatable bonds is 3. The highest BCUT2D eigenvalue weighted by molar-refractivity contribution is 7.13. The molecule has 3 aromatic rings. The second-order valence-electron chi connectivity index (χ2n) is 4.90. The molecule has 2 N–H and O–H groups in total. The Morgan fingerprint density at radius 3 is 2.48 bits per heavy atom. The van der Waals surface area contributed by atoms with Crippen molar-refractivity contribution in [2.45, 2.75) is 6.04 Å². The lowest BCUT2D eigenvalue weighted by atomic mass is 10.0. The first-order valence-electron chi connectivity index (χ1n) is 6.73. The van der Waals surface area contributed by atoms with Crippen molar-refractivity contribution in [1.29, 1.82) is 0 Å². The molecule has 1 unspecified atom stereocenters. The van der Waals surface area contributed by atoms with Crippen molar-refractivity contribution in [2.75, 3.05) is 0 Å². The van der Waals surface area contributed by atoms with Crippen molar-refractivity contribution in [3.05, 3.63) is 81.5 Å². The van der Waals surface area contributed by atoms with E-state index in [9.17, 15) is 4.79 Å². The van der Waals surface area contributed by atoms with E-state index in [4.69, 9.17) is 5.73 Å². The zero-order chi connectivity index (χ0) is 14.8. The van der Waals surface area contributed by atoms with Crippen LogP contribution < -0.4 is 11.3 Å². The molecule has 1 aromatic carbocycles. The molecule has 0 bridgehead atoms. The topological polar surface area (TPSA) is 48.0 Å². The number of benzene rings is 1.